The fourth-order valence-electron chi connectivity index (χ4n) is 1.68. The molecule has 96 valence electrons. The molecule has 1 aromatic carbocycles. The molecule has 0 aliphatic rings. The first-order chi connectivity index (χ1) is 8.69. The molecule has 1 N–H and O–H groups in total. The van der Waals surface area contributed by atoms with E-state index in [1.807, 2.05) is 35.3 Å². The molecule has 3 nitrogen and oxygen atoms in total. The van der Waals surface area contributed by atoms with E-state index in [9.17, 15) is 0 Å². The lowest BCUT2D eigenvalue weighted by Crippen LogP contribution is -2.11. The first-order valence-corrected chi connectivity index (χ1v) is 6.60. The molecule has 2 rings (SSSR count). The van der Waals surface area contributed by atoms with Crippen LogP contribution in [0, 0.1) is 0 Å². The number of nitrogens with one attached hydrogen (secondary N) is 1. The van der Waals surface area contributed by atoms with E-state index in [2.05, 4.69) is 17.3 Å². The Labute approximate surface area is 117 Å². The first-order valence-electron chi connectivity index (χ1n) is 5.85. The van der Waals surface area contributed by atoms with E-state index in [0.717, 1.165) is 18.7 Å². The van der Waals surface area contributed by atoms with Crippen LogP contribution in [-0.4, -0.2) is 16.3 Å². The average molecular weight is 284 g/mol. The van der Waals surface area contributed by atoms with Crippen LogP contribution in [0.2, 0.25) is 10.0 Å². The number of aromatic nitrogens is 2. The maximum absolute atomic E-state index is 5.98. The number of benzene rings is 1. The van der Waals surface area contributed by atoms with Gasteiger partial charge in [0.1, 0.15) is 0 Å². The fourth-order valence-corrected chi connectivity index (χ4v) is 2.00. The molecule has 0 fully saturated rings. The van der Waals surface area contributed by atoms with Gasteiger partial charge in [-0.1, -0.05) is 36.2 Å². The van der Waals surface area contributed by atoms with Crippen LogP contribution in [0.1, 0.15) is 18.1 Å². The number of nitrogens with zero attached hydrogens (tertiary/aromatic N) is 2. The molecule has 0 amide bonds. The first kappa shape index (κ1) is 13.4. The lowest BCUT2D eigenvalue weighted by atomic mass is 10.2. The summed E-state index contributed by atoms with van der Waals surface area (Å²) in [6, 6.07) is 5.64. The third-order valence-corrected chi connectivity index (χ3v) is 3.33. The van der Waals surface area contributed by atoms with Gasteiger partial charge in [-0.05, 0) is 24.2 Å². The van der Waals surface area contributed by atoms with Crippen molar-refractivity contribution in [2.24, 2.45) is 0 Å². The lowest BCUT2D eigenvalue weighted by Gasteiger charge is -2.03. The summed E-state index contributed by atoms with van der Waals surface area (Å²) in [6.45, 7) is 4.58. The van der Waals surface area contributed by atoms with Crippen LogP contribution in [0.5, 0.6) is 0 Å². The molecule has 1 heterocycles. The van der Waals surface area contributed by atoms with Gasteiger partial charge in [0.05, 0.1) is 22.8 Å². The molecule has 0 aliphatic heterocycles. The SMILES string of the molecule is CCNCc1cnn(Cc2ccc(Cl)c(Cl)c2)c1. The Kier molecular flexibility index (Phi) is 4.64. The Bertz CT molecular complexity index is 523. The lowest BCUT2D eigenvalue weighted by molar-refractivity contribution is 0.683. The summed E-state index contributed by atoms with van der Waals surface area (Å²) in [5.74, 6) is 0. The highest BCUT2D eigenvalue weighted by atomic mass is 35.5. The summed E-state index contributed by atoms with van der Waals surface area (Å²) >= 11 is 11.9. The van der Waals surface area contributed by atoms with Crippen molar-refractivity contribution in [3.05, 3.63) is 51.8 Å². The molecule has 5 heteroatoms. The van der Waals surface area contributed by atoms with Crippen molar-refractivity contribution < 1.29 is 0 Å². The monoisotopic (exact) mass is 283 g/mol. The Morgan fingerprint density at radius 2 is 2.06 bits per heavy atom. The minimum atomic E-state index is 0.578. The van der Waals surface area contributed by atoms with E-state index in [1.54, 1.807) is 0 Å². The summed E-state index contributed by atoms with van der Waals surface area (Å²) in [5, 5.41) is 8.74. The maximum atomic E-state index is 5.98. The van der Waals surface area contributed by atoms with Crippen molar-refractivity contribution in [1.82, 2.24) is 15.1 Å². The molecule has 0 aliphatic carbocycles. The number of halogens is 2. The fraction of sp³-hybridized carbons (Fsp3) is 0.308. The Balaban J connectivity index is 2.04. The van der Waals surface area contributed by atoms with Gasteiger partial charge < -0.3 is 5.32 Å². The molecular weight excluding hydrogens is 269 g/mol. The molecule has 1 aromatic heterocycles. The minimum absolute atomic E-state index is 0.578. The predicted molar refractivity (Wildman–Crippen MR) is 75.2 cm³/mol. The largest absolute Gasteiger partial charge is 0.313 e. The van der Waals surface area contributed by atoms with Gasteiger partial charge in [-0.25, -0.2) is 0 Å². The van der Waals surface area contributed by atoms with Gasteiger partial charge in [0.2, 0.25) is 0 Å². The molecule has 2 aromatic rings. The summed E-state index contributed by atoms with van der Waals surface area (Å²) in [4.78, 5) is 0. The summed E-state index contributed by atoms with van der Waals surface area (Å²) < 4.78 is 1.90. The predicted octanol–water partition coefficient (Wildman–Crippen LogP) is 3.35. The van der Waals surface area contributed by atoms with Crippen LogP contribution in [0.15, 0.2) is 30.6 Å². The van der Waals surface area contributed by atoms with Crippen molar-refractivity contribution in [3.8, 4) is 0 Å². The summed E-state index contributed by atoms with van der Waals surface area (Å²) in [7, 11) is 0. The topological polar surface area (TPSA) is 29.9 Å². The van der Waals surface area contributed by atoms with E-state index >= 15 is 0 Å². The maximum Gasteiger partial charge on any atom is 0.0660 e. The second-order valence-corrected chi connectivity index (χ2v) is 4.89. The molecule has 18 heavy (non-hydrogen) atoms. The molecule has 0 unspecified atom stereocenters. The highest BCUT2D eigenvalue weighted by Gasteiger charge is 2.02. The second-order valence-electron chi connectivity index (χ2n) is 4.07. The van der Waals surface area contributed by atoms with Crippen molar-refractivity contribution in [1.29, 1.82) is 0 Å². The van der Waals surface area contributed by atoms with E-state index in [-0.39, 0.29) is 0 Å². The van der Waals surface area contributed by atoms with Crippen molar-refractivity contribution in [2.75, 3.05) is 6.54 Å². The molecule has 0 spiro atoms. The summed E-state index contributed by atoms with van der Waals surface area (Å²) in [6.07, 6.45) is 3.91. The van der Waals surface area contributed by atoms with Gasteiger partial charge in [0.15, 0.2) is 0 Å². The summed E-state index contributed by atoms with van der Waals surface area (Å²) in [5.41, 5.74) is 2.26. The number of rotatable bonds is 5. The zero-order chi connectivity index (χ0) is 13.0. The van der Waals surface area contributed by atoms with E-state index in [0.29, 0.717) is 16.6 Å². The second kappa shape index (κ2) is 6.23. The van der Waals surface area contributed by atoms with Crippen molar-refractivity contribution >= 4 is 23.2 Å². The van der Waals surface area contributed by atoms with Crippen molar-refractivity contribution in [3.63, 3.8) is 0 Å². The highest BCUT2D eigenvalue weighted by Crippen LogP contribution is 2.22. The van der Waals surface area contributed by atoms with Crippen LogP contribution >= 0.6 is 23.2 Å². The molecular formula is C13H15Cl2N3. The Morgan fingerprint density at radius 3 is 2.78 bits per heavy atom. The third kappa shape index (κ3) is 3.48. The van der Waals surface area contributed by atoms with E-state index in [1.165, 1.54) is 5.56 Å². The van der Waals surface area contributed by atoms with E-state index < -0.39 is 0 Å². The van der Waals surface area contributed by atoms with Crippen LogP contribution in [0.3, 0.4) is 0 Å². The highest BCUT2D eigenvalue weighted by molar-refractivity contribution is 6.42. The van der Waals surface area contributed by atoms with Gasteiger partial charge in [0, 0.05) is 18.3 Å². The molecule has 0 bridgehead atoms. The van der Waals surface area contributed by atoms with Crippen molar-refractivity contribution in [2.45, 2.75) is 20.0 Å². The van der Waals surface area contributed by atoms with Crippen LogP contribution in [-0.2, 0) is 13.1 Å². The molecule has 0 radical (unpaired) electrons. The average Bonchev–Trinajstić information content (AvgIpc) is 2.79. The van der Waals surface area contributed by atoms with Crippen LogP contribution in [0.25, 0.3) is 0 Å². The third-order valence-electron chi connectivity index (χ3n) is 2.59. The molecule has 0 atom stereocenters. The van der Waals surface area contributed by atoms with Gasteiger partial charge in [-0.15, -0.1) is 0 Å². The minimum Gasteiger partial charge on any atom is -0.313 e. The van der Waals surface area contributed by atoms with Gasteiger partial charge in [0.25, 0.3) is 0 Å². The van der Waals surface area contributed by atoms with Gasteiger partial charge in [-0.3, -0.25) is 4.68 Å². The van der Waals surface area contributed by atoms with Gasteiger partial charge in [-0.2, -0.15) is 5.10 Å². The molecule has 0 saturated heterocycles. The molecule has 0 saturated carbocycles. The van der Waals surface area contributed by atoms with Gasteiger partial charge >= 0.3 is 0 Å². The normalized spacial score (nSPS) is 10.8. The standard InChI is InChI=1S/C13H15Cl2N3/c1-2-16-6-11-7-17-18(9-11)8-10-3-4-12(14)13(15)5-10/h3-5,7,9,16H,2,6,8H2,1H3. The number of hydrogen-bond acceptors (Lipinski definition) is 2. The Morgan fingerprint density at radius 1 is 1.22 bits per heavy atom. The zero-order valence-corrected chi connectivity index (χ0v) is 11.7. The Hall–Kier alpha value is -1.03. The van der Waals surface area contributed by atoms with Crippen LogP contribution < -0.4 is 5.32 Å². The van der Waals surface area contributed by atoms with E-state index in [4.69, 9.17) is 23.2 Å². The van der Waals surface area contributed by atoms with Crippen LogP contribution in [0.4, 0.5) is 0 Å². The quantitative estimate of drug-likeness (QED) is 0.912. The smallest absolute Gasteiger partial charge is 0.0660 e. The zero-order valence-electron chi connectivity index (χ0n) is 10.2. The number of hydrogen-bond donors (Lipinski definition) is 1.